The Bertz CT molecular complexity index is 396. The summed E-state index contributed by atoms with van der Waals surface area (Å²) in [5.74, 6) is 0.761. The molecule has 2 atom stereocenters. The molecular weight excluding hydrogens is 226 g/mol. The Labute approximate surface area is 110 Å². The predicted molar refractivity (Wildman–Crippen MR) is 74.8 cm³/mol. The fourth-order valence-electron chi connectivity index (χ4n) is 1.74. The Kier molecular flexibility index (Phi) is 4.77. The summed E-state index contributed by atoms with van der Waals surface area (Å²) in [6.45, 7) is 10.2. The van der Waals surface area contributed by atoms with Crippen molar-refractivity contribution in [2.75, 3.05) is 6.61 Å². The lowest BCUT2D eigenvalue weighted by molar-refractivity contribution is 0.0591. The summed E-state index contributed by atoms with van der Waals surface area (Å²) in [7, 11) is 0. The van der Waals surface area contributed by atoms with Crippen LogP contribution in [-0.4, -0.2) is 23.9 Å². The van der Waals surface area contributed by atoms with Gasteiger partial charge in [0, 0.05) is 6.04 Å². The van der Waals surface area contributed by atoms with Crippen molar-refractivity contribution in [2.24, 2.45) is 11.1 Å². The van der Waals surface area contributed by atoms with E-state index in [0.29, 0.717) is 0 Å². The minimum absolute atomic E-state index is 0.0780. The maximum Gasteiger partial charge on any atom is 0.137 e. The lowest BCUT2D eigenvalue weighted by Crippen LogP contribution is -2.49. The lowest BCUT2D eigenvalue weighted by Gasteiger charge is -2.33. The van der Waals surface area contributed by atoms with Gasteiger partial charge in [0.25, 0.3) is 0 Å². The first-order valence-electron chi connectivity index (χ1n) is 6.36. The molecule has 0 saturated carbocycles. The summed E-state index contributed by atoms with van der Waals surface area (Å²) in [4.78, 5) is 0. The standard InChI is InChI=1S/C15H25NO2/c1-10-6-7-12(8-11(10)2)18-13(9-17)14(16)15(3,4)5/h6-8,13-14,17H,9,16H2,1-5H3. The van der Waals surface area contributed by atoms with E-state index < -0.39 is 0 Å². The van der Waals surface area contributed by atoms with E-state index >= 15 is 0 Å². The highest BCUT2D eigenvalue weighted by molar-refractivity contribution is 5.34. The lowest BCUT2D eigenvalue weighted by atomic mass is 9.84. The number of aliphatic hydroxyl groups is 1. The van der Waals surface area contributed by atoms with Gasteiger partial charge in [0.2, 0.25) is 0 Å². The molecule has 3 heteroatoms. The van der Waals surface area contributed by atoms with E-state index in [1.165, 1.54) is 11.1 Å². The maximum absolute atomic E-state index is 9.44. The van der Waals surface area contributed by atoms with Gasteiger partial charge in [-0.2, -0.15) is 0 Å². The number of benzene rings is 1. The molecule has 0 bridgehead atoms. The van der Waals surface area contributed by atoms with Crippen molar-refractivity contribution in [1.29, 1.82) is 0 Å². The van der Waals surface area contributed by atoms with Gasteiger partial charge in [-0.15, -0.1) is 0 Å². The number of hydrogen-bond donors (Lipinski definition) is 2. The van der Waals surface area contributed by atoms with Crippen LogP contribution < -0.4 is 10.5 Å². The van der Waals surface area contributed by atoms with Crippen molar-refractivity contribution in [3.63, 3.8) is 0 Å². The van der Waals surface area contributed by atoms with Gasteiger partial charge in [-0.1, -0.05) is 26.8 Å². The number of rotatable bonds is 4. The zero-order valence-corrected chi connectivity index (χ0v) is 12.0. The highest BCUT2D eigenvalue weighted by Crippen LogP contribution is 2.24. The highest BCUT2D eigenvalue weighted by atomic mass is 16.5. The third-order valence-corrected chi connectivity index (χ3v) is 3.35. The van der Waals surface area contributed by atoms with Crippen molar-refractivity contribution < 1.29 is 9.84 Å². The van der Waals surface area contributed by atoms with E-state index in [-0.39, 0.29) is 24.2 Å². The monoisotopic (exact) mass is 251 g/mol. The van der Waals surface area contributed by atoms with Crippen molar-refractivity contribution in [3.8, 4) is 5.75 Å². The highest BCUT2D eigenvalue weighted by Gasteiger charge is 2.30. The second-order valence-corrected chi connectivity index (χ2v) is 5.98. The summed E-state index contributed by atoms with van der Waals surface area (Å²) in [6.07, 6.45) is -0.382. The van der Waals surface area contributed by atoms with Gasteiger partial charge in [-0.05, 0) is 42.5 Å². The molecule has 0 aliphatic heterocycles. The van der Waals surface area contributed by atoms with E-state index in [1.807, 2.05) is 45.9 Å². The Hall–Kier alpha value is -1.06. The fourth-order valence-corrected chi connectivity index (χ4v) is 1.74. The molecule has 18 heavy (non-hydrogen) atoms. The van der Waals surface area contributed by atoms with Crippen LogP contribution >= 0.6 is 0 Å². The topological polar surface area (TPSA) is 55.5 Å². The minimum atomic E-state index is -0.382. The molecule has 0 aromatic heterocycles. The van der Waals surface area contributed by atoms with Crippen LogP contribution in [0.4, 0.5) is 0 Å². The van der Waals surface area contributed by atoms with Gasteiger partial charge in [0.1, 0.15) is 11.9 Å². The largest absolute Gasteiger partial charge is 0.486 e. The number of hydrogen-bond acceptors (Lipinski definition) is 3. The number of aliphatic hydroxyl groups excluding tert-OH is 1. The Morgan fingerprint density at radius 3 is 2.28 bits per heavy atom. The SMILES string of the molecule is Cc1ccc(OC(CO)C(N)C(C)(C)C)cc1C. The van der Waals surface area contributed by atoms with Crippen LogP contribution in [0.15, 0.2) is 18.2 Å². The molecule has 0 aliphatic carbocycles. The predicted octanol–water partition coefficient (Wildman–Crippen LogP) is 2.42. The summed E-state index contributed by atoms with van der Waals surface area (Å²) in [6, 6.07) is 5.69. The number of aryl methyl sites for hydroxylation is 2. The molecule has 3 nitrogen and oxygen atoms in total. The van der Waals surface area contributed by atoms with Crippen molar-refractivity contribution in [1.82, 2.24) is 0 Å². The summed E-state index contributed by atoms with van der Waals surface area (Å²) < 4.78 is 5.81. The molecular formula is C15H25NO2. The summed E-state index contributed by atoms with van der Waals surface area (Å²) in [5.41, 5.74) is 8.43. The third-order valence-electron chi connectivity index (χ3n) is 3.35. The average molecular weight is 251 g/mol. The first kappa shape index (κ1) is 15.0. The quantitative estimate of drug-likeness (QED) is 0.864. The number of nitrogens with two attached hydrogens (primary N) is 1. The van der Waals surface area contributed by atoms with E-state index in [2.05, 4.69) is 6.92 Å². The smallest absolute Gasteiger partial charge is 0.137 e. The second kappa shape index (κ2) is 5.72. The van der Waals surface area contributed by atoms with Gasteiger partial charge in [0.15, 0.2) is 0 Å². The molecule has 1 rings (SSSR count). The van der Waals surface area contributed by atoms with Crippen molar-refractivity contribution >= 4 is 0 Å². The number of ether oxygens (including phenoxy) is 1. The molecule has 0 fully saturated rings. The van der Waals surface area contributed by atoms with Gasteiger partial charge < -0.3 is 15.6 Å². The Balaban J connectivity index is 2.83. The summed E-state index contributed by atoms with van der Waals surface area (Å²) >= 11 is 0. The zero-order valence-electron chi connectivity index (χ0n) is 12.0. The third kappa shape index (κ3) is 3.72. The van der Waals surface area contributed by atoms with Crippen LogP contribution in [0.3, 0.4) is 0 Å². The molecule has 102 valence electrons. The fraction of sp³-hybridized carbons (Fsp3) is 0.600. The normalized spacial score (nSPS) is 15.3. The first-order valence-corrected chi connectivity index (χ1v) is 6.36. The molecule has 0 radical (unpaired) electrons. The van der Waals surface area contributed by atoms with E-state index in [4.69, 9.17) is 10.5 Å². The molecule has 0 heterocycles. The average Bonchev–Trinajstić information content (AvgIpc) is 2.28. The van der Waals surface area contributed by atoms with Crippen LogP contribution in [0.5, 0.6) is 5.75 Å². The van der Waals surface area contributed by atoms with E-state index in [0.717, 1.165) is 5.75 Å². The second-order valence-electron chi connectivity index (χ2n) is 5.98. The zero-order chi connectivity index (χ0) is 13.9. The molecule has 0 spiro atoms. The minimum Gasteiger partial charge on any atom is -0.486 e. The molecule has 2 unspecified atom stereocenters. The van der Waals surface area contributed by atoms with Gasteiger partial charge in [-0.3, -0.25) is 0 Å². The molecule has 0 saturated heterocycles. The van der Waals surface area contributed by atoms with Gasteiger partial charge >= 0.3 is 0 Å². The molecule has 1 aromatic rings. The summed E-state index contributed by atoms with van der Waals surface area (Å²) in [5, 5.41) is 9.44. The van der Waals surface area contributed by atoms with Crippen molar-refractivity contribution in [2.45, 2.75) is 46.8 Å². The van der Waals surface area contributed by atoms with Crippen molar-refractivity contribution in [3.05, 3.63) is 29.3 Å². The Morgan fingerprint density at radius 1 is 1.22 bits per heavy atom. The van der Waals surface area contributed by atoms with Gasteiger partial charge in [-0.25, -0.2) is 0 Å². The van der Waals surface area contributed by atoms with Crippen LogP contribution in [0.2, 0.25) is 0 Å². The van der Waals surface area contributed by atoms with Gasteiger partial charge in [0.05, 0.1) is 6.61 Å². The van der Waals surface area contributed by atoms with Crippen LogP contribution in [0.1, 0.15) is 31.9 Å². The Morgan fingerprint density at radius 2 is 1.83 bits per heavy atom. The van der Waals surface area contributed by atoms with E-state index in [1.54, 1.807) is 0 Å². The van der Waals surface area contributed by atoms with Crippen LogP contribution in [0, 0.1) is 19.3 Å². The molecule has 0 aliphatic rings. The molecule has 0 amide bonds. The molecule has 1 aromatic carbocycles. The maximum atomic E-state index is 9.44. The van der Waals surface area contributed by atoms with E-state index in [9.17, 15) is 5.11 Å². The van der Waals surface area contributed by atoms with Crippen LogP contribution in [0.25, 0.3) is 0 Å². The first-order chi connectivity index (χ1) is 8.25. The molecule has 3 N–H and O–H groups in total. The van der Waals surface area contributed by atoms with Crippen LogP contribution in [-0.2, 0) is 0 Å².